The van der Waals surface area contributed by atoms with Crippen molar-refractivity contribution < 1.29 is 8.42 Å². The summed E-state index contributed by atoms with van der Waals surface area (Å²) in [5, 5.41) is 0. The summed E-state index contributed by atoms with van der Waals surface area (Å²) >= 11 is 0. The fourth-order valence-corrected chi connectivity index (χ4v) is 5.53. The van der Waals surface area contributed by atoms with Crippen LogP contribution >= 0.6 is 0 Å². The first kappa shape index (κ1) is 20.7. The molecule has 0 saturated carbocycles. The quantitative estimate of drug-likeness (QED) is 0.827. The van der Waals surface area contributed by atoms with Crippen molar-refractivity contribution in [2.24, 2.45) is 0 Å². The molecule has 0 unspecified atom stereocenters. The number of hydrogen-bond acceptors (Lipinski definition) is 4. The van der Waals surface area contributed by atoms with E-state index in [1.807, 2.05) is 58.0 Å². The van der Waals surface area contributed by atoms with E-state index in [1.54, 1.807) is 0 Å². The zero-order valence-electron chi connectivity index (χ0n) is 17.5. The summed E-state index contributed by atoms with van der Waals surface area (Å²) < 4.78 is 28.9. The second-order valence-electron chi connectivity index (χ2n) is 7.66. The van der Waals surface area contributed by atoms with Crippen LogP contribution in [0.15, 0.2) is 35.2 Å². The number of anilines is 2. The van der Waals surface area contributed by atoms with Gasteiger partial charge in [-0.25, -0.2) is 8.42 Å². The number of nitrogens with one attached hydrogen (secondary N) is 1. The van der Waals surface area contributed by atoms with Gasteiger partial charge in [-0.15, -0.1) is 0 Å². The van der Waals surface area contributed by atoms with Crippen molar-refractivity contribution in [3.05, 3.63) is 52.6 Å². The van der Waals surface area contributed by atoms with Crippen molar-refractivity contribution in [1.82, 2.24) is 4.90 Å². The fourth-order valence-electron chi connectivity index (χ4n) is 3.85. The van der Waals surface area contributed by atoms with Gasteiger partial charge in [0.05, 0.1) is 4.90 Å². The van der Waals surface area contributed by atoms with Gasteiger partial charge in [0.2, 0.25) is 0 Å². The normalized spacial score (nSPS) is 15.7. The lowest BCUT2D eigenvalue weighted by atomic mass is 10.0. The van der Waals surface area contributed by atoms with Gasteiger partial charge in [-0.3, -0.25) is 4.72 Å². The highest BCUT2D eigenvalue weighted by Crippen LogP contribution is 2.28. The van der Waals surface area contributed by atoms with Crippen LogP contribution in [-0.2, 0) is 10.0 Å². The molecule has 0 spiro atoms. The maximum absolute atomic E-state index is 13.1. The van der Waals surface area contributed by atoms with Crippen LogP contribution < -0.4 is 9.62 Å². The molecule has 0 aromatic heterocycles. The SMILES string of the molecule is CCN1CCN(c2ccc(NS(=O)(=O)c3c(C)c(C)cc(C)c3C)cc2)CC1. The molecule has 0 atom stereocenters. The molecule has 28 heavy (non-hydrogen) atoms. The van der Waals surface area contributed by atoms with Crippen LogP contribution in [0.4, 0.5) is 11.4 Å². The number of aryl methyl sites for hydroxylation is 2. The Labute approximate surface area is 169 Å². The second kappa shape index (κ2) is 8.13. The number of hydrogen-bond donors (Lipinski definition) is 1. The summed E-state index contributed by atoms with van der Waals surface area (Å²) in [5.41, 5.74) is 5.32. The summed E-state index contributed by atoms with van der Waals surface area (Å²) in [4.78, 5) is 5.18. The Hall–Kier alpha value is -2.05. The highest BCUT2D eigenvalue weighted by molar-refractivity contribution is 7.92. The Morgan fingerprint density at radius 2 is 1.43 bits per heavy atom. The third-order valence-corrected chi connectivity index (χ3v) is 7.52. The van der Waals surface area contributed by atoms with E-state index >= 15 is 0 Å². The molecule has 2 aromatic carbocycles. The van der Waals surface area contributed by atoms with E-state index in [4.69, 9.17) is 0 Å². The van der Waals surface area contributed by atoms with E-state index < -0.39 is 10.0 Å². The number of nitrogens with zero attached hydrogens (tertiary/aromatic N) is 2. The molecule has 0 aliphatic carbocycles. The van der Waals surface area contributed by atoms with Crippen molar-refractivity contribution in [3.8, 4) is 0 Å². The van der Waals surface area contributed by atoms with Crippen LogP contribution in [0.2, 0.25) is 0 Å². The van der Waals surface area contributed by atoms with Gasteiger partial charge >= 0.3 is 0 Å². The average molecular weight is 402 g/mol. The second-order valence-corrected chi connectivity index (χ2v) is 9.28. The van der Waals surface area contributed by atoms with Crippen LogP contribution in [0.3, 0.4) is 0 Å². The fraction of sp³-hybridized carbons (Fsp3) is 0.455. The molecule has 152 valence electrons. The monoisotopic (exact) mass is 401 g/mol. The lowest BCUT2D eigenvalue weighted by Crippen LogP contribution is -2.46. The molecule has 0 radical (unpaired) electrons. The zero-order chi connectivity index (χ0) is 20.5. The van der Waals surface area contributed by atoms with Crippen molar-refractivity contribution in [3.63, 3.8) is 0 Å². The number of sulfonamides is 1. The minimum absolute atomic E-state index is 0.393. The maximum atomic E-state index is 13.1. The highest BCUT2D eigenvalue weighted by Gasteiger charge is 2.22. The van der Waals surface area contributed by atoms with Crippen LogP contribution in [0.5, 0.6) is 0 Å². The van der Waals surface area contributed by atoms with Crippen LogP contribution in [-0.4, -0.2) is 46.0 Å². The van der Waals surface area contributed by atoms with Crippen LogP contribution in [0, 0.1) is 27.7 Å². The average Bonchev–Trinajstić information content (AvgIpc) is 2.67. The summed E-state index contributed by atoms with van der Waals surface area (Å²) in [7, 11) is -3.64. The van der Waals surface area contributed by atoms with Gasteiger partial charge in [-0.1, -0.05) is 13.0 Å². The van der Waals surface area contributed by atoms with Gasteiger partial charge in [-0.2, -0.15) is 0 Å². The van der Waals surface area contributed by atoms with E-state index in [1.165, 1.54) is 0 Å². The van der Waals surface area contributed by atoms with Crippen molar-refractivity contribution in [1.29, 1.82) is 0 Å². The van der Waals surface area contributed by atoms with Gasteiger partial charge in [-0.05, 0) is 80.8 Å². The first-order chi connectivity index (χ1) is 13.2. The standard InChI is InChI=1S/C22H31N3O2S/c1-6-24-11-13-25(14-12-24)21-9-7-20(8-10-21)23-28(26,27)22-18(4)16(2)15-17(3)19(22)5/h7-10,15,23H,6,11-14H2,1-5H3. The van der Waals surface area contributed by atoms with Gasteiger partial charge in [0.1, 0.15) is 0 Å². The van der Waals surface area contributed by atoms with Crippen molar-refractivity contribution in [2.45, 2.75) is 39.5 Å². The number of likely N-dealkylation sites (N-methyl/N-ethyl adjacent to an activating group) is 1. The summed E-state index contributed by atoms with van der Waals surface area (Å²) in [6.07, 6.45) is 0. The predicted molar refractivity (Wildman–Crippen MR) is 117 cm³/mol. The molecule has 1 heterocycles. The molecule has 0 bridgehead atoms. The van der Waals surface area contributed by atoms with E-state index in [2.05, 4.69) is 21.4 Å². The Kier molecular flexibility index (Phi) is 6.01. The highest BCUT2D eigenvalue weighted by atomic mass is 32.2. The number of piperazine rings is 1. The molecule has 6 heteroatoms. The number of benzene rings is 2. The molecule has 1 aliphatic rings. The lowest BCUT2D eigenvalue weighted by molar-refractivity contribution is 0.271. The topological polar surface area (TPSA) is 52.6 Å². The first-order valence-electron chi connectivity index (χ1n) is 9.90. The Morgan fingerprint density at radius 1 is 0.893 bits per heavy atom. The van der Waals surface area contributed by atoms with E-state index in [9.17, 15) is 8.42 Å². The third-order valence-electron chi connectivity index (χ3n) is 5.87. The Balaban J connectivity index is 1.79. The molecule has 2 aromatic rings. The largest absolute Gasteiger partial charge is 0.369 e. The van der Waals surface area contributed by atoms with Gasteiger partial charge in [0.25, 0.3) is 10.0 Å². The molecular weight excluding hydrogens is 370 g/mol. The van der Waals surface area contributed by atoms with E-state index in [0.717, 1.165) is 60.7 Å². The summed E-state index contributed by atoms with van der Waals surface area (Å²) in [6.45, 7) is 15.1. The smallest absolute Gasteiger partial charge is 0.262 e. The first-order valence-corrected chi connectivity index (χ1v) is 11.4. The van der Waals surface area contributed by atoms with Crippen molar-refractivity contribution >= 4 is 21.4 Å². The molecule has 5 nitrogen and oxygen atoms in total. The minimum Gasteiger partial charge on any atom is -0.369 e. The molecule has 1 N–H and O–H groups in total. The minimum atomic E-state index is -3.64. The zero-order valence-corrected chi connectivity index (χ0v) is 18.4. The Morgan fingerprint density at radius 3 is 1.93 bits per heavy atom. The lowest BCUT2D eigenvalue weighted by Gasteiger charge is -2.35. The number of rotatable bonds is 5. The third kappa shape index (κ3) is 4.18. The van der Waals surface area contributed by atoms with Crippen LogP contribution in [0.25, 0.3) is 0 Å². The summed E-state index contributed by atoms with van der Waals surface area (Å²) in [5.74, 6) is 0. The van der Waals surface area contributed by atoms with Gasteiger partial charge in [0, 0.05) is 37.6 Å². The van der Waals surface area contributed by atoms with Crippen LogP contribution in [0.1, 0.15) is 29.2 Å². The summed E-state index contributed by atoms with van der Waals surface area (Å²) in [6, 6.07) is 9.75. The molecule has 1 saturated heterocycles. The van der Waals surface area contributed by atoms with Gasteiger partial charge in [0.15, 0.2) is 0 Å². The van der Waals surface area contributed by atoms with Crippen molar-refractivity contribution in [2.75, 3.05) is 42.3 Å². The molecular formula is C22H31N3O2S. The van der Waals surface area contributed by atoms with E-state index in [0.29, 0.717) is 10.6 Å². The molecule has 3 rings (SSSR count). The predicted octanol–water partition coefficient (Wildman–Crippen LogP) is 3.86. The maximum Gasteiger partial charge on any atom is 0.262 e. The Bertz CT molecular complexity index is 918. The van der Waals surface area contributed by atoms with E-state index in [-0.39, 0.29) is 0 Å². The molecule has 1 aliphatic heterocycles. The van der Waals surface area contributed by atoms with Gasteiger partial charge < -0.3 is 9.80 Å². The molecule has 0 amide bonds. The molecule has 1 fully saturated rings.